The van der Waals surface area contributed by atoms with Gasteiger partial charge in [0, 0.05) is 0 Å². The summed E-state index contributed by atoms with van der Waals surface area (Å²) in [7, 11) is 1.16. The van der Waals surface area contributed by atoms with Crippen molar-refractivity contribution < 1.29 is 24.5 Å². The first-order chi connectivity index (χ1) is 7.61. The standard InChI is InChI=1S/C9H16N2O5/c1-16-8(13)6(5-12)11(9(14)15)7-3-2-4-10-7/h6-7,10,12H,2-5H2,1H3,(H,14,15). The predicted octanol–water partition coefficient (Wildman–Crippen LogP) is -0.790. The van der Waals surface area contributed by atoms with Crippen LogP contribution in [0.2, 0.25) is 0 Å². The third kappa shape index (κ3) is 2.61. The highest BCUT2D eigenvalue weighted by atomic mass is 16.5. The summed E-state index contributed by atoms with van der Waals surface area (Å²) < 4.78 is 4.46. The third-order valence-electron chi connectivity index (χ3n) is 2.57. The van der Waals surface area contributed by atoms with E-state index in [1.807, 2.05) is 0 Å². The highest BCUT2D eigenvalue weighted by molar-refractivity contribution is 5.81. The molecular weight excluding hydrogens is 216 g/mol. The van der Waals surface area contributed by atoms with Crippen molar-refractivity contribution in [3.63, 3.8) is 0 Å². The average Bonchev–Trinajstić information content (AvgIpc) is 2.77. The third-order valence-corrected chi connectivity index (χ3v) is 2.57. The quantitative estimate of drug-likeness (QED) is 0.549. The molecule has 1 rings (SSSR count). The number of ether oxygens (including phenoxy) is 1. The summed E-state index contributed by atoms with van der Waals surface area (Å²) in [5.41, 5.74) is 0. The van der Waals surface area contributed by atoms with Crippen LogP contribution in [-0.2, 0) is 9.53 Å². The predicted molar refractivity (Wildman–Crippen MR) is 53.8 cm³/mol. The lowest BCUT2D eigenvalue weighted by atomic mass is 10.2. The number of methoxy groups -OCH3 is 1. The molecule has 0 spiro atoms. The van der Waals surface area contributed by atoms with Gasteiger partial charge in [0.05, 0.1) is 19.9 Å². The molecular formula is C9H16N2O5. The van der Waals surface area contributed by atoms with E-state index >= 15 is 0 Å². The second kappa shape index (κ2) is 5.66. The first kappa shape index (κ1) is 12.7. The van der Waals surface area contributed by atoms with Gasteiger partial charge in [0.1, 0.15) is 0 Å². The van der Waals surface area contributed by atoms with Crippen LogP contribution in [0.15, 0.2) is 0 Å². The minimum absolute atomic E-state index is 0.436. The van der Waals surface area contributed by atoms with E-state index < -0.39 is 30.9 Å². The van der Waals surface area contributed by atoms with E-state index in [2.05, 4.69) is 10.1 Å². The molecule has 92 valence electrons. The molecule has 0 aromatic rings. The first-order valence-electron chi connectivity index (χ1n) is 5.05. The van der Waals surface area contributed by atoms with Crippen LogP contribution >= 0.6 is 0 Å². The Labute approximate surface area is 93.0 Å². The van der Waals surface area contributed by atoms with Crippen LogP contribution < -0.4 is 5.32 Å². The van der Waals surface area contributed by atoms with Gasteiger partial charge < -0.3 is 14.9 Å². The van der Waals surface area contributed by atoms with E-state index in [1.165, 1.54) is 0 Å². The number of carboxylic acid groups (broad SMARTS) is 1. The van der Waals surface area contributed by atoms with Gasteiger partial charge in [-0.25, -0.2) is 9.59 Å². The molecule has 1 fully saturated rings. The molecule has 1 aliphatic heterocycles. The summed E-state index contributed by atoms with van der Waals surface area (Å²) >= 11 is 0. The van der Waals surface area contributed by atoms with E-state index in [0.717, 1.165) is 18.4 Å². The topological polar surface area (TPSA) is 99.1 Å². The molecule has 1 saturated heterocycles. The van der Waals surface area contributed by atoms with E-state index in [4.69, 9.17) is 10.2 Å². The second-order valence-corrected chi connectivity index (χ2v) is 3.52. The normalized spacial score (nSPS) is 21.5. The van der Waals surface area contributed by atoms with Crippen molar-refractivity contribution in [2.24, 2.45) is 0 Å². The lowest BCUT2D eigenvalue weighted by molar-refractivity contribution is -0.148. The number of aliphatic hydroxyl groups is 1. The van der Waals surface area contributed by atoms with Crippen LogP contribution in [0.25, 0.3) is 0 Å². The van der Waals surface area contributed by atoms with Gasteiger partial charge in [-0.1, -0.05) is 0 Å². The molecule has 7 nitrogen and oxygen atoms in total. The Morgan fingerprint density at radius 3 is 2.69 bits per heavy atom. The Morgan fingerprint density at radius 1 is 1.62 bits per heavy atom. The number of carbonyl (C=O) groups is 2. The summed E-state index contributed by atoms with van der Waals surface area (Å²) in [5.74, 6) is -0.751. The van der Waals surface area contributed by atoms with E-state index in [0.29, 0.717) is 13.0 Å². The average molecular weight is 232 g/mol. The van der Waals surface area contributed by atoms with E-state index in [1.54, 1.807) is 0 Å². The number of nitrogens with one attached hydrogen (secondary N) is 1. The van der Waals surface area contributed by atoms with Crippen molar-refractivity contribution in [2.75, 3.05) is 20.3 Å². The maximum atomic E-state index is 11.3. The fourth-order valence-corrected chi connectivity index (χ4v) is 1.80. The Bertz CT molecular complexity index is 265. The van der Waals surface area contributed by atoms with Crippen LogP contribution in [0.4, 0.5) is 4.79 Å². The monoisotopic (exact) mass is 232 g/mol. The van der Waals surface area contributed by atoms with E-state index in [-0.39, 0.29) is 0 Å². The second-order valence-electron chi connectivity index (χ2n) is 3.52. The number of rotatable bonds is 4. The summed E-state index contributed by atoms with van der Waals surface area (Å²) in [6, 6.07) is -1.17. The highest BCUT2D eigenvalue weighted by Crippen LogP contribution is 2.15. The fourth-order valence-electron chi connectivity index (χ4n) is 1.80. The molecule has 0 aliphatic carbocycles. The minimum atomic E-state index is -1.25. The Morgan fingerprint density at radius 2 is 2.31 bits per heavy atom. The SMILES string of the molecule is COC(=O)C(CO)N(C(=O)O)C1CCCN1. The minimum Gasteiger partial charge on any atom is -0.467 e. The molecule has 0 bridgehead atoms. The van der Waals surface area contributed by atoms with Crippen LogP contribution in [-0.4, -0.2) is 59.6 Å². The number of carbonyl (C=O) groups excluding carboxylic acids is 1. The number of amides is 1. The van der Waals surface area contributed by atoms with Gasteiger partial charge >= 0.3 is 12.1 Å². The molecule has 7 heteroatoms. The Kier molecular flexibility index (Phi) is 4.51. The molecule has 0 aromatic carbocycles. The summed E-state index contributed by atoms with van der Waals surface area (Å²) in [6.45, 7) is 0.116. The smallest absolute Gasteiger partial charge is 0.409 e. The Hall–Kier alpha value is -1.34. The lowest BCUT2D eigenvalue weighted by Gasteiger charge is -2.31. The van der Waals surface area contributed by atoms with Crippen LogP contribution in [0.5, 0.6) is 0 Å². The molecule has 2 unspecified atom stereocenters. The summed E-state index contributed by atoms with van der Waals surface area (Å²) in [4.78, 5) is 23.3. The van der Waals surface area contributed by atoms with Gasteiger partial charge in [-0.15, -0.1) is 0 Å². The number of aliphatic hydroxyl groups excluding tert-OH is 1. The van der Waals surface area contributed by atoms with Crippen molar-refractivity contribution in [1.82, 2.24) is 10.2 Å². The molecule has 1 aliphatic rings. The zero-order valence-electron chi connectivity index (χ0n) is 9.05. The summed E-state index contributed by atoms with van der Waals surface area (Å²) in [6.07, 6.45) is -0.217. The molecule has 3 N–H and O–H groups in total. The maximum absolute atomic E-state index is 11.3. The van der Waals surface area contributed by atoms with Crippen molar-refractivity contribution in [3.8, 4) is 0 Å². The molecule has 2 atom stereocenters. The molecule has 0 saturated carbocycles. The van der Waals surface area contributed by atoms with Crippen molar-refractivity contribution in [1.29, 1.82) is 0 Å². The number of hydrogen-bond donors (Lipinski definition) is 3. The van der Waals surface area contributed by atoms with Gasteiger partial charge in [-0.3, -0.25) is 10.2 Å². The van der Waals surface area contributed by atoms with Crippen molar-refractivity contribution >= 4 is 12.1 Å². The first-order valence-corrected chi connectivity index (χ1v) is 5.05. The summed E-state index contributed by atoms with van der Waals surface area (Å²) in [5, 5.41) is 21.1. The molecule has 0 aromatic heterocycles. The lowest BCUT2D eigenvalue weighted by Crippen LogP contribution is -2.55. The number of nitrogens with zero attached hydrogens (tertiary/aromatic N) is 1. The Balaban J connectivity index is 2.81. The van der Waals surface area contributed by atoms with Crippen molar-refractivity contribution in [2.45, 2.75) is 25.0 Å². The van der Waals surface area contributed by atoms with Gasteiger partial charge in [0.2, 0.25) is 0 Å². The molecule has 1 amide bonds. The van der Waals surface area contributed by atoms with Gasteiger partial charge in [0.15, 0.2) is 6.04 Å². The number of esters is 1. The number of hydrogen-bond acceptors (Lipinski definition) is 5. The van der Waals surface area contributed by atoms with Crippen molar-refractivity contribution in [3.05, 3.63) is 0 Å². The largest absolute Gasteiger partial charge is 0.467 e. The van der Waals surface area contributed by atoms with Gasteiger partial charge in [-0.2, -0.15) is 0 Å². The van der Waals surface area contributed by atoms with Crippen LogP contribution in [0.3, 0.4) is 0 Å². The van der Waals surface area contributed by atoms with Gasteiger partial charge in [0.25, 0.3) is 0 Å². The van der Waals surface area contributed by atoms with Crippen LogP contribution in [0, 0.1) is 0 Å². The fraction of sp³-hybridized carbons (Fsp3) is 0.778. The van der Waals surface area contributed by atoms with Crippen LogP contribution in [0.1, 0.15) is 12.8 Å². The molecule has 16 heavy (non-hydrogen) atoms. The van der Waals surface area contributed by atoms with E-state index in [9.17, 15) is 9.59 Å². The zero-order valence-corrected chi connectivity index (χ0v) is 9.05. The molecule has 1 heterocycles. The molecule has 0 radical (unpaired) electrons. The maximum Gasteiger partial charge on any atom is 0.409 e. The van der Waals surface area contributed by atoms with Gasteiger partial charge in [-0.05, 0) is 19.4 Å². The zero-order chi connectivity index (χ0) is 12.1. The highest BCUT2D eigenvalue weighted by Gasteiger charge is 2.36.